The molecule has 0 aliphatic carbocycles. The summed E-state index contributed by atoms with van der Waals surface area (Å²) in [4.78, 5) is 8.59. The minimum atomic E-state index is 0.576. The number of halogens is 2. The van der Waals surface area contributed by atoms with Gasteiger partial charge in [0.1, 0.15) is 5.75 Å². The van der Waals surface area contributed by atoms with Crippen LogP contribution in [-0.2, 0) is 0 Å². The highest BCUT2D eigenvalue weighted by Crippen LogP contribution is 2.31. The van der Waals surface area contributed by atoms with Gasteiger partial charge in [0.2, 0.25) is 0 Å². The molecule has 3 nitrogen and oxygen atoms in total. The molecule has 1 heterocycles. The van der Waals surface area contributed by atoms with Crippen molar-refractivity contribution in [3.05, 3.63) is 41.3 Å². The summed E-state index contributed by atoms with van der Waals surface area (Å²) in [6.45, 7) is 2.48. The van der Waals surface area contributed by atoms with Gasteiger partial charge in [-0.3, -0.25) is 9.97 Å². The van der Waals surface area contributed by atoms with E-state index < -0.39 is 0 Å². The van der Waals surface area contributed by atoms with Crippen molar-refractivity contribution >= 4 is 27.5 Å². The second-order valence-electron chi connectivity index (χ2n) is 3.72. The topological polar surface area (TPSA) is 35.0 Å². The third kappa shape index (κ3) is 3.21. The summed E-state index contributed by atoms with van der Waals surface area (Å²) >= 11 is 9.31. The zero-order valence-electron chi connectivity index (χ0n) is 9.86. The SMILES string of the molecule is Cc1cnc(-c2ccc(Cl)cc2OCCBr)cn1. The zero-order valence-corrected chi connectivity index (χ0v) is 12.2. The number of hydrogen-bond acceptors (Lipinski definition) is 3. The number of nitrogens with zero attached hydrogens (tertiary/aromatic N) is 2. The van der Waals surface area contributed by atoms with Crippen molar-refractivity contribution in [1.82, 2.24) is 9.97 Å². The third-order valence-electron chi connectivity index (χ3n) is 2.34. The van der Waals surface area contributed by atoms with Gasteiger partial charge in [0.05, 0.1) is 24.2 Å². The largest absolute Gasteiger partial charge is 0.492 e. The van der Waals surface area contributed by atoms with E-state index in [0.717, 1.165) is 28.0 Å². The quantitative estimate of drug-likeness (QED) is 0.799. The number of rotatable bonds is 4. The molecule has 94 valence electrons. The summed E-state index contributed by atoms with van der Waals surface area (Å²) < 4.78 is 5.65. The van der Waals surface area contributed by atoms with Crippen LogP contribution in [-0.4, -0.2) is 21.9 Å². The van der Waals surface area contributed by atoms with E-state index in [2.05, 4.69) is 25.9 Å². The van der Waals surface area contributed by atoms with E-state index in [1.165, 1.54) is 0 Å². The number of aromatic nitrogens is 2. The van der Waals surface area contributed by atoms with Crippen molar-refractivity contribution in [2.24, 2.45) is 0 Å². The Kier molecular flexibility index (Phi) is 4.55. The summed E-state index contributed by atoms with van der Waals surface area (Å²) in [5, 5.41) is 1.40. The molecule has 0 saturated heterocycles. The van der Waals surface area contributed by atoms with Gasteiger partial charge in [-0.15, -0.1) is 0 Å². The predicted molar refractivity (Wildman–Crippen MR) is 76.5 cm³/mol. The minimum absolute atomic E-state index is 0.576. The second kappa shape index (κ2) is 6.16. The maximum Gasteiger partial charge on any atom is 0.130 e. The number of alkyl halides is 1. The fraction of sp³-hybridized carbons (Fsp3) is 0.231. The molecule has 0 spiro atoms. The van der Waals surface area contributed by atoms with Gasteiger partial charge in [0, 0.05) is 22.1 Å². The van der Waals surface area contributed by atoms with Crippen LogP contribution in [0.5, 0.6) is 5.75 Å². The van der Waals surface area contributed by atoms with E-state index in [-0.39, 0.29) is 0 Å². The molecule has 0 radical (unpaired) electrons. The van der Waals surface area contributed by atoms with Crippen molar-refractivity contribution in [2.45, 2.75) is 6.92 Å². The smallest absolute Gasteiger partial charge is 0.130 e. The Morgan fingerprint density at radius 1 is 1.28 bits per heavy atom. The van der Waals surface area contributed by atoms with E-state index in [1.807, 2.05) is 19.1 Å². The first kappa shape index (κ1) is 13.3. The summed E-state index contributed by atoms with van der Waals surface area (Å²) in [7, 11) is 0. The highest BCUT2D eigenvalue weighted by Gasteiger charge is 2.08. The lowest BCUT2D eigenvalue weighted by atomic mass is 10.1. The molecule has 0 atom stereocenters. The average Bonchev–Trinajstić information content (AvgIpc) is 2.38. The maximum absolute atomic E-state index is 5.98. The van der Waals surface area contributed by atoms with Crippen LogP contribution in [0.2, 0.25) is 5.02 Å². The van der Waals surface area contributed by atoms with E-state index >= 15 is 0 Å². The first-order valence-corrected chi connectivity index (χ1v) is 6.98. The Bertz CT molecular complexity index is 531. The van der Waals surface area contributed by atoms with Crippen molar-refractivity contribution in [2.75, 3.05) is 11.9 Å². The Hall–Kier alpha value is -1.13. The number of benzene rings is 1. The van der Waals surface area contributed by atoms with Crippen molar-refractivity contribution < 1.29 is 4.74 Å². The second-order valence-corrected chi connectivity index (χ2v) is 4.95. The predicted octanol–water partition coefficient (Wildman–Crippen LogP) is 3.88. The Morgan fingerprint density at radius 2 is 2.11 bits per heavy atom. The first-order chi connectivity index (χ1) is 8.70. The van der Waals surface area contributed by atoms with Crippen molar-refractivity contribution in [3.8, 4) is 17.0 Å². The third-order valence-corrected chi connectivity index (χ3v) is 2.89. The standard InChI is InChI=1S/C13H12BrClN2O/c1-9-7-17-12(8-16-9)11-3-2-10(15)6-13(11)18-5-4-14/h2-3,6-8H,4-5H2,1H3. The van der Waals surface area contributed by atoms with E-state index in [1.54, 1.807) is 18.5 Å². The molecule has 0 saturated carbocycles. The van der Waals surface area contributed by atoms with Gasteiger partial charge in [0.25, 0.3) is 0 Å². The lowest BCUT2D eigenvalue weighted by Crippen LogP contribution is -2.00. The molecule has 0 N–H and O–H groups in total. The van der Waals surface area contributed by atoms with Gasteiger partial charge in [-0.1, -0.05) is 27.5 Å². The Balaban J connectivity index is 2.39. The van der Waals surface area contributed by atoms with E-state index in [4.69, 9.17) is 16.3 Å². The van der Waals surface area contributed by atoms with Crippen molar-refractivity contribution in [1.29, 1.82) is 0 Å². The van der Waals surface area contributed by atoms with Gasteiger partial charge in [-0.2, -0.15) is 0 Å². The lowest BCUT2D eigenvalue weighted by Gasteiger charge is -2.10. The van der Waals surface area contributed by atoms with Gasteiger partial charge < -0.3 is 4.74 Å². The molecule has 0 aliphatic heterocycles. The molecule has 0 unspecified atom stereocenters. The van der Waals surface area contributed by atoms with Crippen LogP contribution in [0.4, 0.5) is 0 Å². The fourth-order valence-electron chi connectivity index (χ4n) is 1.51. The molecule has 0 bridgehead atoms. The highest BCUT2D eigenvalue weighted by atomic mass is 79.9. The molecule has 0 amide bonds. The molecular formula is C13H12BrClN2O. The van der Waals surface area contributed by atoms with E-state index in [9.17, 15) is 0 Å². The Morgan fingerprint density at radius 3 is 2.78 bits per heavy atom. The number of ether oxygens (including phenoxy) is 1. The maximum atomic E-state index is 5.98. The van der Waals surface area contributed by atoms with Crippen LogP contribution in [0, 0.1) is 6.92 Å². The summed E-state index contributed by atoms with van der Waals surface area (Å²) in [6, 6.07) is 5.51. The van der Waals surface area contributed by atoms with Crippen LogP contribution in [0.1, 0.15) is 5.69 Å². The van der Waals surface area contributed by atoms with Gasteiger partial charge in [-0.25, -0.2) is 0 Å². The van der Waals surface area contributed by atoms with E-state index in [0.29, 0.717) is 11.6 Å². The van der Waals surface area contributed by atoms with Gasteiger partial charge >= 0.3 is 0 Å². The monoisotopic (exact) mass is 326 g/mol. The van der Waals surface area contributed by atoms with Gasteiger partial charge in [-0.05, 0) is 25.1 Å². The normalized spacial score (nSPS) is 10.4. The summed E-state index contributed by atoms with van der Waals surface area (Å²) in [5.74, 6) is 0.722. The van der Waals surface area contributed by atoms with Crippen LogP contribution in [0.3, 0.4) is 0 Å². The van der Waals surface area contributed by atoms with Crippen LogP contribution in [0.15, 0.2) is 30.6 Å². The lowest BCUT2D eigenvalue weighted by molar-refractivity contribution is 0.346. The zero-order chi connectivity index (χ0) is 13.0. The fourth-order valence-corrected chi connectivity index (χ4v) is 1.83. The van der Waals surface area contributed by atoms with Crippen LogP contribution in [0.25, 0.3) is 11.3 Å². The molecule has 0 fully saturated rings. The molecule has 0 aliphatic rings. The van der Waals surface area contributed by atoms with Crippen molar-refractivity contribution in [3.63, 3.8) is 0 Å². The molecular weight excluding hydrogens is 316 g/mol. The summed E-state index contributed by atoms with van der Waals surface area (Å²) in [6.07, 6.45) is 3.47. The molecule has 5 heteroatoms. The average molecular weight is 328 g/mol. The van der Waals surface area contributed by atoms with Gasteiger partial charge in [0.15, 0.2) is 0 Å². The molecule has 2 aromatic rings. The molecule has 18 heavy (non-hydrogen) atoms. The molecule has 1 aromatic carbocycles. The number of aryl methyl sites for hydroxylation is 1. The molecule has 1 aromatic heterocycles. The van der Waals surface area contributed by atoms with Crippen LogP contribution < -0.4 is 4.74 Å². The van der Waals surface area contributed by atoms with Crippen LogP contribution >= 0.6 is 27.5 Å². The minimum Gasteiger partial charge on any atom is -0.492 e. The first-order valence-electron chi connectivity index (χ1n) is 5.48. The Labute approximate surface area is 119 Å². The summed E-state index contributed by atoms with van der Waals surface area (Å²) in [5.41, 5.74) is 2.56. The number of hydrogen-bond donors (Lipinski definition) is 0. The molecule has 2 rings (SSSR count). The highest BCUT2D eigenvalue weighted by molar-refractivity contribution is 9.09.